The highest BCUT2D eigenvalue weighted by atomic mass is 35.5. The molecule has 1 fully saturated rings. The Morgan fingerprint density at radius 2 is 1.93 bits per heavy atom. The quantitative estimate of drug-likeness (QED) is 0.774. The summed E-state index contributed by atoms with van der Waals surface area (Å²) in [6.07, 6.45) is 1.98. The lowest BCUT2D eigenvalue weighted by atomic mass is 10.1. The van der Waals surface area contributed by atoms with Gasteiger partial charge in [0.25, 0.3) is 15.9 Å². The van der Waals surface area contributed by atoms with Crippen molar-refractivity contribution in [3.8, 4) is 0 Å². The number of hydrogen-bond donors (Lipinski definition) is 2. The zero-order chi connectivity index (χ0) is 20.8. The van der Waals surface area contributed by atoms with E-state index in [1.165, 1.54) is 12.1 Å². The molecule has 0 radical (unpaired) electrons. The van der Waals surface area contributed by atoms with Gasteiger partial charge in [0.1, 0.15) is 4.90 Å². The van der Waals surface area contributed by atoms with Crippen molar-refractivity contribution in [2.75, 3.05) is 23.1 Å². The topological polar surface area (TPSA) is 95.6 Å². The summed E-state index contributed by atoms with van der Waals surface area (Å²) in [6, 6.07) is 7.93. The van der Waals surface area contributed by atoms with Crippen LogP contribution >= 0.6 is 11.6 Å². The fourth-order valence-corrected chi connectivity index (χ4v) is 5.42. The van der Waals surface area contributed by atoms with E-state index in [2.05, 4.69) is 10.0 Å². The highest BCUT2D eigenvalue weighted by molar-refractivity contribution is 7.92. The first kappa shape index (κ1) is 19.7. The number of aryl methyl sites for hydroxylation is 1. The average molecular weight is 434 g/mol. The normalized spacial score (nSPS) is 15.9. The molecule has 152 valence electrons. The van der Waals surface area contributed by atoms with E-state index in [4.69, 9.17) is 11.6 Å². The molecule has 0 unspecified atom stereocenters. The Morgan fingerprint density at radius 3 is 2.66 bits per heavy atom. The van der Waals surface area contributed by atoms with Gasteiger partial charge in [0.2, 0.25) is 5.91 Å². The van der Waals surface area contributed by atoms with Gasteiger partial charge in [-0.3, -0.25) is 14.3 Å². The number of para-hydroxylation sites is 1. The van der Waals surface area contributed by atoms with Gasteiger partial charge in [-0.2, -0.15) is 0 Å². The van der Waals surface area contributed by atoms with E-state index in [-0.39, 0.29) is 33.8 Å². The first-order valence-electron chi connectivity index (χ1n) is 9.30. The molecule has 2 heterocycles. The number of carbonyl (C=O) groups excluding carboxylic acids is 2. The minimum atomic E-state index is -4.08. The summed E-state index contributed by atoms with van der Waals surface area (Å²) in [6.45, 7) is 3.07. The summed E-state index contributed by atoms with van der Waals surface area (Å²) in [5.41, 5.74) is 2.27. The second kappa shape index (κ2) is 7.35. The molecule has 0 atom stereocenters. The fourth-order valence-electron chi connectivity index (χ4n) is 3.69. The molecule has 2 aromatic carbocycles. The molecule has 7 nitrogen and oxygen atoms in total. The van der Waals surface area contributed by atoms with Crippen molar-refractivity contribution in [2.24, 2.45) is 0 Å². The molecule has 9 heteroatoms. The first-order chi connectivity index (χ1) is 13.8. The van der Waals surface area contributed by atoms with Crippen LogP contribution in [0.1, 0.15) is 34.3 Å². The highest BCUT2D eigenvalue weighted by Gasteiger charge is 2.28. The average Bonchev–Trinajstić information content (AvgIpc) is 3.30. The van der Waals surface area contributed by atoms with Crippen LogP contribution in [0.25, 0.3) is 0 Å². The Hall–Kier alpha value is -2.58. The lowest BCUT2D eigenvalue weighted by molar-refractivity contribution is -0.115. The maximum atomic E-state index is 13.1. The number of likely N-dealkylation sites (tertiary alicyclic amines) is 1. The zero-order valence-corrected chi connectivity index (χ0v) is 17.4. The number of amides is 2. The van der Waals surface area contributed by atoms with Gasteiger partial charge in [-0.1, -0.05) is 23.7 Å². The smallest absolute Gasteiger partial charge is 0.263 e. The zero-order valence-electron chi connectivity index (χ0n) is 15.8. The molecule has 0 spiro atoms. The fraction of sp³-hybridized carbons (Fsp3) is 0.300. The van der Waals surface area contributed by atoms with E-state index in [9.17, 15) is 18.0 Å². The van der Waals surface area contributed by atoms with Crippen LogP contribution in [0.2, 0.25) is 5.02 Å². The number of fused-ring (bicyclic) bond motifs is 1. The standard InChI is InChI=1S/C20H20ClN3O4S/c1-12-5-4-6-14(20(26)24-7-2-3-8-24)19(12)23-29(27,28)17-9-13-10-18(25)22-16(13)11-15(17)21/h4-6,9,11,23H,2-3,7-8,10H2,1H3,(H,22,25). The number of benzene rings is 2. The molecule has 2 aromatic rings. The van der Waals surface area contributed by atoms with Gasteiger partial charge in [-0.05, 0) is 49.1 Å². The van der Waals surface area contributed by atoms with Gasteiger partial charge >= 0.3 is 0 Å². The first-order valence-corrected chi connectivity index (χ1v) is 11.2. The van der Waals surface area contributed by atoms with E-state index in [1.807, 2.05) is 0 Å². The van der Waals surface area contributed by atoms with Crippen molar-refractivity contribution in [1.82, 2.24) is 4.90 Å². The molecule has 0 aliphatic carbocycles. The molecule has 4 rings (SSSR count). The number of nitrogens with zero attached hydrogens (tertiary/aromatic N) is 1. The van der Waals surface area contributed by atoms with Gasteiger partial charge in [0, 0.05) is 18.8 Å². The van der Waals surface area contributed by atoms with Crippen molar-refractivity contribution in [1.29, 1.82) is 0 Å². The van der Waals surface area contributed by atoms with Crippen molar-refractivity contribution in [3.05, 3.63) is 52.0 Å². The van der Waals surface area contributed by atoms with Gasteiger partial charge in [-0.25, -0.2) is 8.42 Å². The molecule has 0 bridgehead atoms. The molecule has 2 amide bonds. The summed E-state index contributed by atoms with van der Waals surface area (Å²) >= 11 is 6.21. The number of carbonyl (C=O) groups is 2. The van der Waals surface area contributed by atoms with E-state index >= 15 is 0 Å². The predicted octanol–water partition coefficient (Wildman–Crippen LogP) is 3.18. The van der Waals surface area contributed by atoms with Crippen LogP contribution in [0.5, 0.6) is 0 Å². The molecule has 1 saturated heterocycles. The summed E-state index contributed by atoms with van der Waals surface area (Å²) in [5, 5.41) is 2.64. The number of anilines is 2. The third-order valence-corrected chi connectivity index (χ3v) is 7.02. The number of nitrogens with one attached hydrogen (secondary N) is 2. The van der Waals surface area contributed by atoms with Crippen LogP contribution in [0.3, 0.4) is 0 Å². The van der Waals surface area contributed by atoms with Crippen LogP contribution in [-0.2, 0) is 21.2 Å². The minimum Gasteiger partial charge on any atom is -0.339 e. The summed E-state index contributed by atoms with van der Waals surface area (Å²) < 4.78 is 28.8. The SMILES string of the molecule is Cc1cccc(C(=O)N2CCCC2)c1NS(=O)(=O)c1cc2c(cc1Cl)NC(=O)C2. The molecular weight excluding hydrogens is 414 g/mol. The van der Waals surface area contributed by atoms with Gasteiger partial charge in [0.05, 0.1) is 22.7 Å². The van der Waals surface area contributed by atoms with E-state index in [0.29, 0.717) is 35.5 Å². The Morgan fingerprint density at radius 1 is 1.21 bits per heavy atom. The maximum Gasteiger partial charge on any atom is 0.263 e. The van der Waals surface area contributed by atoms with Crippen LogP contribution in [0, 0.1) is 6.92 Å². The molecule has 0 saturated carbocycles. The molecule has 2 N–H and O–H groups in total. The lowest BCUT2D eigenvalue weighted by Gasteiger charge is -2.20. The Bertz CT molecular complexity index is 1120. The lowest BCUT2D eigenvalue weighted by Crippen LogP contribution is -2.29. The van der Waals surface area contributed by atoms with Gasteiger partial charge in [0.15, 0.2) is 0 Å². The monoisotopic (exact) mass is 433 g/mol. The van der Waals surface area contributed by atoms with Crippen LogP contribution in [0.4, 0.5) is 11.4 Å². The number of hydrogen-bond acceptors (Lipinski definition) is 4. The third kappa shape index (κ3) is 3.70. The summed E-state index contributed by atoms with van der Waals surface area (Å²) in [5.74, 6) is -0.408. The van der Waals surface area contributed by atoms with Crippen molar-refractivity contribution in [3.63, 3.8) is 0 Å². The van der Waals surface area contributed by atoms with Crippen LogP contribution in [-0.4, -0.2) is 38.2 Å². The van der Waals surface area contributed by atoms with E-state index < -0.39 is 10.0 Å². The predicted molar refractivity (Wildman–Crippen MR) is 111 cm³/mol. The Labute approximate surface area is 174 Å². The molecule has 0 aromatic heterocycles. The maximum absolute atomic E-state index is 13.1. The largest absolute Gasteiger partial charge is 0.339 e. The minimum absolute atomic E-state index is 0.000506. The van der Waals surface area contributed by atoms with Crippen molar-refractivity contribution >= 4 is 44.8 Å². The number of sulfonamides is 1. The van der Waals surface area contributed by atoms with E-state index in [1.54, 1.807) is 30.0 Å². The van der Waals surface area contributed by atoms with Gasteiger partial charge in [-0.15, -0.1) is 0 Å². The van der Waals surface area contributed by atoms with Crippen molar-refractivity contribution < 1.29 is 18.0 Å². The summed E-state index contributed by atoms with van der Waals surface area (Å²) in [4.78, 5) is 26.1. The number of rotatable bonds is 4. The van der Waals surface area contributed by atoms with Crippen LogP contribution in [0.15, 0.2) is 35.2 Å². The second-order valence-corrected chi connectivity index (χ2v) is 9.33. The molecule has 29 heavy (non-hydrogen) atoms. The van der Waals surface area contributed by atoms with Crippen LogP contribution < -0.4 is 10.0 Å². The summed E-state index contributed by atoms with van der Waals surface area (Å²) in [7, 11) is -4.08. The van der Waals surface area contributed by atoms with Crippen molar-refractivity contribution in [2.45, 2.75) is 31.1 Å². The highest BCUT2D eigenvalue weighted by Crippen LogP contribution is 2.34. The van der Waals surface area contributed by atoms with E-state index in [0.717, 1.165) is 12.8 Å². The molecule has 2 aliphatic heterocycles. The number of halogens is 1. The Balaban J connectivity index is 1.72. The molecular formula is C20H20ClN3O4S. The Kier molecular flexibility index (Phi) is 5.00. The molecule has 2 aliphatic rings. The third-order valence-electron chi connectivity index (χ3n) is 5.21. The second-order valence-electron chi connectivity index (χ2n) is 7.27. The van der Waals surface area contributed by atoms with Gasteiger partial charge < -0.3 is 10.2 Å².